The first kappa shape index (κ1) is 29.7. The van der Waals surface area contributed by atoms with Gasteiger partial charge in [0.2, 0.25) is 0 Å². The molecule has 0 spiro atoms. The van der Waals surface area contributed by atoms with E-state index in [0.29, 0.717) is 11.8 Å². The van der Waals surface area contributed by atoms with E-state index in [4.69, 9.17) is 14.2 Å². The summed E-state index contributed by atoms with van der Waals surface area (Å²) in [6.45, 7) is 15.2. The molecule has 7 rings (SSSR count). The number of carbonyl (C=O) groups excluding carboxylic acids is 1. The van der Waals surface area contributed by atoms with Crippen LogP contribution in [0.3, 0.4) is 0 Å². The summed E-state index contributed by atoms with van der Waals surface area (Å²) in [6, 6.07) is 0. The maximum Gasteiger partial charge on any atom is 0.330 e. The van der Waals surface area contributed by atoms with Crippen molar-refractivity contribution in [3.63, 3.8) is 0 Å². The second-order valence-corrected chi connectivity index (χ2v) is 17.2. The zero-order chi connectivity index (χ0) is 30.3. The van der Waals surface area contributed by atoms with Gasteiger partial charge in [0, 0.05) is 22.8 Å². The molecule has 0 radical (unpaired) electrons. The van der Waals surface area contributed by atoms with Crippen LogP contribution in [0.2, 0.25) is 0 Å². The quantitative estimate of drug-likeness (QED) is 0.232. The van der Waals surface area contributed by atoms with E-state index in [2.05, 4.69) is 27.7 Å². The number of esters is 1. The molecule has 42 heavy (non-hydrogen) atoms. The van der Waals surface area contributed by atoms with Gasteiger partial charge in [-0.05, 0) is 113 Å². The zero-order valence-electron chi connectivity index (χ0n) is 26.8. The first-order chi connectivity index (χ1) is 19.6. The van der Waals surface area contributed by atoms with Crippen molar-refractivity contribution in [2.24, 2.45) is 50.7 Å². The van der Waals surface area contributed by atoms with Gasteiger partial charge >= 0.3 is 5.97 Å². The molecule has 0 aromatic heterocycles. The number of epoxide rings is 1. The third-order valence-corrected chi connectivity index (χ3v) is 15.0. The molecular formula is C35H54O7. The predicted molar refractivity (Wildman–Crippen MR) is 157 cm³/mol. The average molecular weight is 587 g/mol. The van der Waals surface area contributed by atoms with Gasteiger partial charge in [0.1, 0.15) is 17.8 Å². The highest BCUT2D eigenvalue weighted by molar-refractivity contribution is 5.82. The predicted octanol–water partition coefficient (Wildman–Crippen LogP) is 5.15. The summed E-state index contributed by atoms with van der Waals surface area (Å²) in [7, 11) is 0. The molecule has 0 bridgehead atoms. The molecule has 0 amide bonds. The van der Waals surface area contributed by atoms with Gasteiger partial charge in [-0.1, -0.05) is 33.3 Å². The Balaban J connectivity index is 1.13. The van der Waals surface area contributed by atoms with E-state index in [1.165, 1.54) is 0 Å². The van der Waals surface area contributed by atoms with Gasteiger partial charge in [-0.3, -0.25) is 0 Å². The summed E-state index contributed by atoms with van der Waals surface area (Å²) in [4.78, 5) is 12.6. The Morgan fingerprint density at radius 1 is 0.976 bits per heavy atom. The van der Waals surface area contributed by atoms with E-state index in [1.54, 1.807) is 6.08 Å². The monoisotopic (exact) mass is 586 g/mol. The van der Waals surface area contributed by atoms with E-state index >= 15 is 0 Å². The van der Waals surface area contributed by atoms with Crippen LogP contribution in [0.15, 0.2) is 11.6 Å². The maximum atomic E-state index is 12.6. The number of fused-ring (bicyclic) bond motifs is 3. The first-order valence-corrected chi connectivity index (χ1v) is 16.8. The topological polar surface area (TPSA) is 109 Å². The van der Waals surface area contributed by atoms with E-state index in [-0.39, 0.29) is 69.8 Å². The number of rotatable bonds is 5. The molecule has 0 aromatic rings. The van der Waals surface area contributed by atoms with Crippen LogP contribution in [0, 0.1) is 50.7 Å². The van der Waals surface area contributed by atoms with Gasteiger partial charge in [-0.15, -0.1) is 0 Å². The van der Waals surface area contributed by atoms with Crippen LogP contribution in [-0.4, -0.2) is 64.2 Å². The average Bonchev–Trinajstić information content (AvgIpc) is 3.69. The van der Waals surface area contributed by atoms with E-state index in [9.17, 15) is 20.1 Å². The second kappa shape index (κ2) is 9.05. The maximum absolute atomic E-state index is 12.6. The number of allylic oxidation sites excluding steroid dienone is 1. The molecular weight excluding hydrogens is 532 g/mol. The lowest BCUT2D eigenvalue weighted by atomic mass is 9.37. The van der Waals surface area contributed by atoms with Crippen molar-refractivity contribution in [1.82, 2.24) is 0 Å². The van der Waals surface area contributed by atoms with Gasteiger partial charge in [0.25, 0.3) is 0 Å². The van der Waals surface area contributed by atoms with Crippen molar-refractivity contribution in [3.05, 3.63) is 11.6 Å². The van der Waals surface area contributed by atoms with Crippen molar-refractivity contribution >= 4 is 5.97 Å². The summed E-state index contributed by atoms with van der Waals surface area (Å²) in [6.07, 6.45) is 9.03. The van der Waals surface area contributed by atoms with Crippen molar-refractivity contribution < 1.29 is 34.3 Å². The van der Waals surface area contributed by atoms with Crippen LogP contribution < -0.4 is 0 Å². The summed E-state index contributed by atoms with van der Waals surface area (Å²) in [5.74, 6) is 0.934. The molecule has 2 aliphatic heterocycles. The largest absolute Gasteiger partial charge is 0.459 e. The summed E-state index contributed by atoms with van der Waals surface area (Å²) in [5, 5.41) is 33.2. The molecule has 7 fully saturated rings. The highest BCUT2D eigenvalue weighted by Gasteiger charge is 2.86. The Morgan fingerprint density at radius 3 is 2.38 bits per heavy atom. The van der Waals surface area contributed by atoms with Crippen LogP contribution >= 0.6 is 0 Å². The third kappa shape index (κ3) is 3.61. The molecule has 0 unspecified atom stereocenters. The Labute approximate surface area is 251 Å². The normalized spacial score (nSPS) is 56.9. The lowest BCUT2D eigenvalue weighted by Gasteiger charge is -2.68. The fraction of sp³-hybridized carbons (Fsp3) is 0.914. The van der Waals surface area contributed by atoms with Crippen molar-refractivity contribution in [2.75, 3.05) is 6.61 Å². The number of hydrogen-bond donors (Lipinski definition) is 3. The summed E-state index contributed by atoms with van der Waals surface area (Å²) < 4.78 is 18.0. The molecule has 5 saturated carbocycles. The number of carbonyl (C=O) groups is 1. The SMILES string of the molecule is CC(C)=CC(=O)O[C@H]1CC[C@]2(C)[C@H]3CC[C@]45C[C@]4(CC[C@H]5[C@@H]4C[C@H]([C@@H]5O[C@@]5(C)CO)O[C@H]4O)[C@]3(C)[C@H](O)C[C@H]2C1(C)C. The van der Waals surface area contributed by atoms with Crippen LogP contribution in [0.25, 0.3) is 0 Å². The number of ether oxygens (including phenoxy) is 3. The lowest BCUT2D eigenvalue weighted by Crippen LogP contribution is -2.66. The van der Waals surface area contributed by atoms with Crippen molar-refractivity contribution in [1.29, 1.82) is 0 Å². The fourth-order valence-electron chi connectivity index (χ4n) is 13.0. The molecule has 2 heterocycles. The molecule has 7 aliphatic rings. The van der Waals surface area contributed by atoms with Crippen LogP contribution in [0.5, 0.6) is 0 Å². The molecule has 2 saturated heterocycles. The standard InChI is InChI=1S/C35H54O7/c1-19(2)14-27(38)41-26-10-11-31(5)23-9-12-34-17-35(34,33(23,7)25(37)16-24(31)30(26,3)4)13-8-21(34)20-15-22(40-29(20)39)28-32(6,18-36)42-28/h14,20-26,28-29,36-37,39H,8-13,15-18H2,1-7H3/t20-,21-,22+,23+,24-,25+,26-,28-,29+,31+,32-,33-,34+,35+/m0/s1. The fourth-order valence-corrected chi connectivity index (χ4v) is 13.0. The van der Waals surface area contributed by atoms with Crippen molar-refractivity contribution in [3.8, 4) is 0 Å². The minimum absolute atomic E-state index is 0.0262. The number of hydrogen-bond acceptors (Lipinski definition) is 7. The minimum Gasteiger partial charge on any atom is -0.459 e. The molecule has 7 nitrogen and oxygen atoms in total. The van der Waals surface area contributed by atoms with E-state index < -0.39 is 18.0 Å². The van der Waals surface area contributed by atoms with Crippen LogP contribution in [0.1, 0.15) is 106 Å². The number of aliphatic hydroxyl groups excluding tert-OH is 3. The molecule has 3 N–H and O–H groups in total. The smallest absolute Gasteiger partial charge is 0.330 e. The zero-order valence-corrected chi connectivity index (χ0v) is 26.8. The highest BCUT2D eigenvalue weighted by Crippen LogP contribution is 2.91. The van der Waals surface area contributed by atoms with E-state index in [0.717, 1.165) is 63.4 Å². The van der Waals surface area contributed by atoms with Crippen LogP contribution in [0.4, 0.5) is 0 Å². The number of aliphatic hydroxyl groups is 3. The van der Waals surface area contributed by atoms with Gasteiger partial charge in [0.05, 0.1) is 18.8 Å². The third-order valence-electron chi connectivity index (χ3n) is 15.0. The Kier molecular flexibility index (Phi) is 6.40. The van der Waals surface area contributed by atoms with Gasteiger partial charge in [0.15, 0.2) is 6.29 Å². The Bertz CT molecular complexity index is 1180. The van der Waals surface area contributed by atoms with Gasteiger partial charge in [-0.25, -0.2) is 4.79 Å². The minimum atomic E-state index is -0.785. The Morgan fingerprint density at radius 2 is 1.71 bits per heavy atom. The molecule has 7 heteroatoms. The summed E-state index contributed by atoms with van der Waals surface area (Å²) >= 11 is 0. The highest BCUT2D eigenvalue weighted by atomic mass is 16.7. The molecule has 14 atom stereocenters. The van der Waals surface area contributed by atoms with Gasteiger partial charge in [-0.2, -0.15) is 0 Å². The Hall–Kier alpha value is -0.990. The summed E-state index contributed by atoms with van der Waals surface area (Å²) in [5.41, 5.74) is 0.390. The molecule has 236 valence electrons. The molecule has 5 aliphatic carbocycles. The van der Waals surface area contributed by atoms with Crippen molar-refractivity contribution in [2.45, 2.75) is 143 Å². The second-order valence-electron chi connectivity index (χ2n) is 17.2. The van der Waals surface area contributed by atoms with Gasteiger partial charge < -0.3 is 29.5 Å². The molecule has 0 aromatic carbocycles. The lowest BCUT2D eigenvalue weighted by molar-refractivity contribution is -0.245. The first-order valence-electron chi connectivity index (χ1n) is 16.8. The van der Waals surface area contributed by atoms with E-state index in [1.807, 2.05) is 20.8 Å². The van der Waals surface area contributed by atoms with Crippen LogP contribution in [-0.2, 0) is 19.0 Å².